The molecule has 6 nitrogen and oxygen atoms in total. The molecule has 7 heteroatoms. The summed E-state index contributed by atoms with van der Waals surface area (Å²) < 4.78 is 5.71. The highest BCUT2D eigenvalue weighted by atomic mass is 127. The van der Waals surface area contributed by atoms with Gasteiger partial charge < -0.3 is 9.84 Å². The number of aromatic hydroxyl groups is 1. The summed E-state index contributed by atoms with van der Waals surface area (Å²) in [5.41, 5.74) is 0.646. The lowest BCUT2D eigenvalue weighted by Crippen LogP contribution is -2.28. The molecule has 1 heterocycles. The lowest BCUT2D eigenvalue weighted by atomic mass is 9.85. The van der Waals surface area contributed by atoms with Crippen LogP contribution in [0.4, 0.5) is 0 Å². The number of phenolic OH excluding ortho intramolecular Hbond substituents is 1. The first-order valence-corrected chi connectivity index (χ1v) is 8.75. The Balaban J connectivity index is 1.60. The number of ether oxygens (including phenoxy) is 1. The first-order chi connectivity index (χ1) is 11.5. The molecular weight excluding hydrogens is 423 g/mol. The number of hydrogen-bond acceptors (Lipinski definition) is 5. The fourth-order valence-corrected chi connectivity index (χ4v) is 4.57. The molecule has 2 bridgehead atoms. The highest BCUT2D eigenvalue weighted by molar-refractivity contribution is 14.1. The highest BCUT2D eigenvalue weighted by Gasteiger charge is 2.59. The largest absolute Gasteiger partial charge is 0.504 e. The number of phenols is 1. The van der Waals surface area contributed by atoms with Gasteiger partial charge in [0.2, 0.25) is 0 Å². The molecule has 4 atom stereocenters. The monoisotopic (exact) mass is 438 g/mol. The Hall–Kier alpha value is -1.90. The molecule has 4 rings (SSSR count). The maximum absolute atomic E-state index is 12.5. The van der Waals surface area contributed by atoms with Gasteiger partial charge >= 0.3 is 0 Å². The Labute approximate surface area is 152 Å². The molecule has 1 aromatic rings. The molecule has 124 valence electrons. The van der Waals surface area contributed by atoms with Gasteiger partial charge in [-0.15, -0.1) is 0 Å². The molecule has 0 aromatic heterocycles. The van der Waals surface area contributed by atoms with E-state index in [-0.39, 0.29) is 41.2 Å². The minimum Gasteiger partial charge on any atom is -0.504 e. The Kier molecular flexibility index (Phi) is 3.63. The van der Waals surface area contributed by atoms with Gasteiger partial charge in [0.05, 0.1) is 28.7 Å². The van der Waals surface area contributed by atoms with E-state index >= 15 is 0 Å². The van der Waals surface area contributed by atoms with Crippen molar-refractivity contribution < 1.29 is 19.4 Å². The van der Waals surface area contributed by atoms with E-state index in [9.17, 15) is 14.7 Å². The Morgan fingerprint density at radius 2 is 1.88 bits per heavy atom. The third kappa shape index (κ3) is 2.17. The van der Waals surface area contributed by atoms with Gasteiger partial charge in [0, 0.05) is 0 Å². The van der Waals surface area contributed by atoms with Gasteiger partial charge in [-0.2, -0.15) is 10.1 Å². The van der Waals surface area contributed by atoms with Crippen LogP contribution in [0.15, 0.2) is 29.4 Å². The maximum atomic E-state index is 12.5. The van der Waals surface area contributed by atoms with E-state index < -0.39 is 0 Å². The summed E-state index contributed by atoms with van der Waals surface area (Å²) in [5.74, 6) is -0.199. The minimum absolute atomic E-state index is 0.0563. The van der Waals surface area contributed by atoms with E-state index in [0.717, 1.165) is 11.4 Å². The number of rotatable bonds is 3. The number of hydrogen-bond donors (Lipinski definition) is 1. The topological polar surface area (TPSA) is 79.2 Å². The molecule has 0 radical (unpaired) electrons. The second kappa shape index (κ2) is 5.58. The minimum atomic E-state index is -0.251. The van der Waals surface area contributed by atoms with Gasteiger partial charge in [0.15, 0.2) is 11.5 Å². The zero-order valence-corrected chi connectivity index (χ0v) is 15.0. The van der Waals surface area contributed by atoms with Gasteiger partial charge in [-0.3, -0.25) is 9.59 Å². The molecular formula is C17H15IN2O4. The van der Waals surface area contributed by atoms with Gasteiger partial charge in [-0.25, -0.2) is 0 Å². The van der Waals surface area contributed by atoms with Crippen LogP contribution >= 0.6 is 22.6 Å². The molecule has 2 aliphatic carbocycles. The number of allylic oxidation sites excluding steroid dienone is 2. The number of fused-ring (bicyclic) bond motifs is 5. The highest BCUT2D eigenvalue weighted by Crippen LogP contribution is 2.52. The van der Waals surface area contributed by atoms with E-state index in [1.807, 2.05) is 22.6 Å². The number of hydrazone groups is 1. The zero-order chi connectivity index (χ0) is 17.0. The quantitative estimate of drug-likeness (QED) is 0.340. The van der Waals surface area contributed by atoms with E-state index in [1.54, 1.807) is 12.1 Å². The number of amides is 2. The molecule has 1 aromatic carbocycles. The number of halogens is 1. The molecule has 2 fully saturated rings. The van der Waals surface area contributed by atoms with Crippen molar-refractivity contribution in [1.82, 2.24) is 5.01 Å². The fourth-order valence-electron chi connectivity index (χ4n) is 3.95. The predicted molar refractivity (Wildman–Crippen MR) is 94.5 cm³/mol. The second-order valence-corrected chi connectivity index (χ2v) is 7.45. The fraction of sp³-hybridized carbons (Fsp3) is 0.353. The van der Waals surface area contributed by atoms with Gasteiger partial charge in [0.1, 0.15) is 0 Å². The Bertz CT molecular complexity index is 774. The molecule has 1 saturated heterocycles. The van der Waals surface area contributed by atoms with Crippen LogP contribution in [-0.2, 0) is 9.59 Å². The lowest BCUT2D eigenvalue weighted by Gasteiger charge is -2.13. The van der Waals surface area contributed by atoms with Crippen LogP contribution in [0.3, 0.4) is 0 Å². The standard InChI is InChI=1S/C17H15IN2O4/c1-24-12-5-8(4-11(18)15(12)21)7-19-20-16(22)13-9-2-3-10(6-9)14(13)17(20)23/h2-5,7,9-10,13-14,21H,6H2,1H3/b19-7-/t9-,10-,13-,14+/m0/s1. The van der Waals surface area contributed by atoms with Crippen LogP contribution in [-0.4, -0.2) is 35.3 Å². The van der Waals surface area contributed by atoms with Crippen molar-refractivity contribution >= 4 is 40.6 Å². The summed E-state index contributed by atoms with van der Waals surface area (Å²) in [4.78, 5) is 25.1. The molecule has 1 N–H and O–H groups in total. The van der Waals surface area contributed by atoms with Crippen molar-refractivity contribution in [1.29, 1.82) is 0 Å². The first-order valence-electron chi connectivity index (χ1n) is 7.68. The van der Waals surface area contributed by atoms with Crippen molar-refractivity contribution in [2.75, 3.05) is 7.11 Å². The predicted octanol–water partition coefficient (Wildman–Crippen LogP) is 2.15. The smallest absolute Gasteiger partial charge is 0.254 e. The summed E-state index contributed by atoms with van der Waals surface area (Å²) in [6.07, 6.45) is 6.46. The van der Waals surface area contributed by atoms with Gasteiger partial charge in [0.25, 0.3) is 11.8 Å². The number of carbonyl (C=O) groups excluding carboxylic acids is 2. The van der Waals surface area contributed by atoms with Crippen molar-refractivity contribution in [3.8, 4) is 11.5 Å². The third-order valence-corrected chi connectivity index (χ3v) is 5.86. The van der Waals surface area contributed by atoms with Crippen LogP contribution < -0.4 is 4.74 Å². The summed E-state index contributed by atoms with van der Waals surface area (Å²) in [5, 5.41) is 15.0. The van der Waals surface area contributed by atoms with Crippen LogP contribution in [0.5, 0.6) is 11.5 Å². The van der Waals surface area contributed by atoms with E-state index in [1.165, 1.54) is 13.3 Å². The lowest BCUT2D eigenvalue weighted by molar-refractivity contribution is -0.140. The SMILES string of the molecule is COc1cc(/C=N\N2C(=O)[C@@H]3[C@H](C2=O)[C@H]2C=C[C@H]3C2)cc(I)c1O. The third-order valence-electron chi connectivity index (χ3n) is 5.04. The summed E-state index contributed by atoms with van der Waals surface area (Å²) in [6, 6.07) is 3.32. The van der Waals surface area contributed by atoms with Crippen molar-refractivity contribution in [2.24, 2.45) is 28.8 Å². The molecule has 1 saturated carbocycles. The number of imide groups is 1. The second-order valence-electron chi connectivity index (χ2n) is 6.29. The average Bonchev–Trinajstić information content (AvgIpc) is 3.23. The summed E-state index contributed by atoms with van der Waals surface area (Å²) in [6.45, 7) is 0. The van der Waals surface area contributed by atoms with E-state index in [4.69, 9.17) is 4.74 Å². The van der Waals surface area contributed by atoms with E-state index in [0.29, 0.717) is 14.9 Å². The van der Waals surface area contributed by atoms with Crippen LogP contribution in [0.2, 0.25) is 0 Å². The molecule has 2 amide bonds. The van der Waals surface area contributed by atoms with E-state index in [2.05, 4.69) is 17.3 Å². The molecule has 0 unspecified atom stereocenters. The molecule has 3 aliphatic rings. The van der Waals surface area contributed by atoms with Crippen molar-refractivity contribution in [3.63, 3.8) is 0 Å². The first kappa shape index (κ1) is 15.6. The summed E-state index contributed by atoms with van der Waals surface area (Å²) in [7, 11) is 1.46. The molecule has 0 spiro atoms. The van der Waals surface area contributed by atoms with Gasteiger partial charge in [-0.1, -0.05) is 12.2 Å². The van der Waals surface area contributed by atoms with Crippen LogP contribution in [0, 0.1) is 27.2 Å². The molecule has 24 heavy (non-hydrogen) atoms. The average molecular weight is 438 g/mol. The number of methoxy groups -OCH3 is 1. The summed E-state index contributed by atoms with van der Waals surface area (Å²) >= 11 is 1.98. The molecule has 1 aliphatic heterocycles. The van der Waals surface area contributed by atoms with Gasteiger partial charge in [-0.05, 0) is 58.5 Å². The van der Waals surface area contributed by atoms with Crippen molar-refractivity contribution in [2.45, 2.75) is 6.42 Å². The Morgan fingerprint density at radius 1 is 1.25 bits per heavy atom. The van der Waals surface area contributed by atoms with Crippen LogP contribution in [0.1, 0.15) is 12.0 Å². The Morgan fingerprint density at radius 3 is 2.46 bits per heavy atom. The van der Waals surface area contributed by atoms with Crippen LogP contribution in [0.25, 0.3) is 0 Å². The normalized spacial score (nSPS) is 30.7. The number of nitrogens with zero attached hydrogens (tertiary/aromatic N) is 2. The number of benzene rings is 1. The zero-order valence-electron chi connectivity index (χ0n) is 12.8. The number of carbonyl (C=O) groups is 2. The maximum Gasteiger partial charge on any atom is 0.254 e. The van der Waals surface area contributed by atoms with Crippen molar-refractivity contribution in [3.05, 3.63) is 33.4 Å².